The summed E-state index contributed by atoms with van der Waals surface area (Å²) in [5, 5.41) is 2.94. The van der Waals surface area contributed by atoms with Crippen LogP contribution in [0.3, 0.4) is 0 Å². The normalized spacial score (nSPS) is 25.9. The molecule has 23 heavy (non-hydrogen) atoms. The van der Waals surface area contributed by atoms with Gasteiger partial charge in [0.2, 0.25) is 0 Å². The Labute approximate surface area is 136 Å². The van der Waals surface area contributed by atoms with Gasteiger partial charge in [-0.25, -0.2) is 4.79 Å². The Morgan fingerprint density at radius 1 is 1.13 bits per heavy atom. The summed E-state index contributed by atoms with van der Waals surface area (Å²) < 4.78 is 5.85. The summed E-state index contributed by atoms with van der Waals surface area (Å²) in [7, 11) is 0. The van der Waals surface area contributed by atoms with Gasteiger partial charge < -0.3 is 14.5 Å². The van der Waals surface area contributed by atoms with Crippen molar-refractivity contribution in [3.05, 3.63) is 29.8 Å². The van der Waals surface area contributed by atoms with E-state index in [2.05, 4.69) is 10.2 Å². The molecule has 2 bridgehead atoms. The lowest BCUT2D eigenvalue weighted by Crippen LogP contribution is -2.68. The molecular weight excluding hydrogens is 294 g/mol. The first-order valence-electron chi connectivity index (χ1n) is 8.25. The Bertz CT molecular complexity index is 563. The maximum Gasteiger partial charge on any atom is 0.338 e. The third-order valence-corrected chi connectivity index (χ3v) is 4.83. The van der Waals surface area contributed by atoms with Crippen molar-refractivity contribution in [2.45, 2.75) is 6.92 Å². The van der Waals surface area contributed by atoms with Crippen LogP contribution in [0.15, 0.2) is 24.3 Å². The lowest BCUT2D eigenvalue weighted by Gasteiger charge is -2.50. The van der Waals surface area contributed by atoms with E-state index in [1.807, 2.05) is 0 Å². The number of hydrogen-bond donors (Lipinski definition) is 1. The molecule has 0 spiro atoms. The number of anilines is 1. The van der Waals surface area contributed by atoms with Gasteiger partial charge in [0, 0.05) is 25.3 Å². The third kappa shape index (κ3) is 3.71. The fourth-order valence-electron chi connectivity index (χ4n) is 3.38. The molecule has 3 aliphatic rings. The molecule has 0 unspecified atom stereocenters. The molecule has 1 amide bonds. The van der Waals surface area contributed by atoms with Crippen LogP contribution in [0.4, 0.5) is 5.69 Å². The maximum absolute atomic E-state index is 12.4. The molecular formula is C17H24N3O3+. The highest BCUT2D eigenvalue weighted by Crippen LogP contribution is 2.19. The van der Waals surface area contributed by atoms with Crippen molar-refractivity contribution < 1.29 is 18.8 Å². The molecule has 4 rings (SSSR count). The monoisotopic (exact) mass is 318 g/mol. The second-order valence-corrected chi connectivity index (χ2v) is 6.36. The third-order valence-electron chi connectivity index (χ3n) is 4.83. The first kappa shape index (κ1) is 16.0. The van der Waals surface area contributed by atoms with Gasteiger partial charge in [0.25, 0.3) is 5.91 Å². The van der Waals surface area contributed by atoms with E-state index in [1.165, 1.54) is 0 Å². The molecule has 1 N–H and O–H groups in total. The minimum Gasteiger partial charge on any atom is -0.462 e. The van der Waals surface area contributed by atoms with Gasteiger partial charge in [-0.2, -0.15) is 0 Å². The summed E-state index contributed by atoms with van der Waals surface area (Å²) in [6, 6.07) is 6.86. The molecule has 3 fully saturated rings. The molecule has 1 aromatic carbocycles. The van der Waals surface area contributed by atoms with Crippen LogP contribution in [-0.4, -0.2) is 73.7 Å². The largest absolute Gasteiger partial charge is 0.462 e. The number of amides is 1. The fraction of sp³-hybridized carbons (Fsp3) is 0.529. The van der Waals surface area contributed by atoms with E-state index in [1.54, 1.807) is 31.2 Å². The number of carbonyl (C=O) groups is 2. The quantitative estimate of drug-likeness (QED) is 0.649. The van der Waals surface area contributed by atoms with Crippen molar-refractivity contribution in [2.75, 3.05) is 57.7 Å². The number of hydrogen-bond acceptors (Lipinski definition) is 4. The number of fused-ring (bicyclic) bond motifs is 3. The number of nitrogens with zero attached hydrogens (tertiary/aromatic N) is 2. The van der Waals surface area contributed by atoms with E-state index in [0.717, 1.165) is 49.4 Å². The Kier molecular flexibility index (Phi) is 4.63. The molecule has 0 aliphatic carbocycles. The van der Waals surface area contributed by atoms with Crippen molar-refractivity contribution in [3.63, 3.8) is 0 Å². The molecule has 0 aromatic heterocycles. The Hall–Kier alpha value is -1.92. The molecule has 6 heteroatoms. The summed E-state index contributed by atoms with van der Waals surface area (Å²) in [6.07, 6.45) is 0. The van der Waals surface area contributed by atoms with Gasteiger partial charge in [-0.3, -0.25) is 9.69 Å². The Balaban J connectivity index is 1.56. The number of piperazine rings is 3. The zero-order valence-corrected chi connectivity index (χ0v) is 13.6. The van der Waals surface area contributed by atoms with Crippen molar-refractivity contribution in [1.29, 1.82) is 0 Å². The number of benzene rings is 1. The summed E-state index contributed by atoms with van der Waals surface area (Å²) in [4.78, 5) is 26.4. The average Bonchev–Trinajstić information content (AvgIpc) is 2.57. The number of esters is 1. The Morgan fingerprint density at radius 3 is 2.30 bits per heavy atom. The van der Waals surface area contributed by atoms with Crippen LogP contribution < -0.4 is 5.32 Å². The van der Waals surface area contributed by atoms with Gasteiger partial charge in [-0.1, -0.05) is 0 Å². The van der Waals surface area contributed by atoms with Gasteiger partial charge in [0.15, 0.2) is 6.54 Å². The highest BCUT2D eigenvalue weighted by Gasteiger charge is 2.39. The second-order valence-electron chi connectivity index (χ2n) is 6.36. The predicted octanol–water partition coefficient (Wildman–Crippen LogP) is 0.948. The van der Waals surface area contributed by atoms with Crippen LogP contribution in [0, 0.1) is 0 Å². The summed E-state index contributed by atoms with van der Waals surface area (Å²) in [5.74, 6) is -0.292. The number of carbonyl (C=O) groups excluding carboxylic acids is 2. The topological polar surface area (TPSA) is 58.6 Å². The molecule has 3 saturated heterocycles. The van der Waals surface area contributed by atoms with Crippen LogP contribution in [0.1, 0.15) is 17.3 Å². The van der Waals surface area contributed by atoms with Crippen molar-refractivity contribution in [3.8, 4) is 0 Å². The van der Waals surface area contributed by atoms with E-state index < -0.39 is 0 Å². The first-order chi connectivity index (χ1) is 11.1. The molecule has 1 aromatic rings. The van der Waals surface area contributed by atoms with Crippen LogP contribution in [0.2, 0.25) is 0 Å². The van der Waals surface area contributed by atoms with Crippen molar-refractivity contribution >= 4 is 17.6 Å². The predicted molar refractivity (Wildman–Crippen MR) is 87.2 cm³/mol. The maximum atomic E-state index is 12.4. The minimum absolute atomic E-state index is 0.0456. The second kappa shape index (κ2) is 6.68. The standard InChI is InChI=1S/C17H23N3O3/c1-2-23-17(22)14-3-5-15(6-4-14)18-16(21)13-20-10-7-19(8-11-20)9-12-20/h3-6H,2,7-13H2,1H3/p+1. The van der Waals surface area contributed by atoms with E-state index in [9.17, 15) is 9.59 Å². The molecule has 124 valence electrons. The fourth-order valence-corrected chi connectivity index (χ4v) is 3.38. The van der Waals surface area contributed by atoms with Gasteiger partial charge in [0.1, 0.15) is 0 Å². The lowest BCUT2D eigenvalue weighted by atomic mass is 10.1. The number of rotatable bonds is 5. The average molecular weight is 318 g/mol. The van der Waals surface area contributed by atoms with Gasteiger partial charge in [-0.05, 0) is 31.2 Å². The number of ether oxygens (including phenoxy) is 1. The molecule has 0 saturated carbocycles. The highest BCUT2D eigenvalue weighted by atomic mass is 16.5. The van der Waals surface area contributed by atoms with Crippen LogP contribution in [-0.2, 0) is 9.53 Å². The molecule has 3 heterocycles. The minimum atomic E-state index is -0.338. The summed E-state index contributed by atoms with van der Waals surface area (Å²) >= 11 is 0. The smallest absolute Gasteiger partial charge is 0.338 e. The van der Waals surface area contributed by atoms with Gasteiger partial charge >= 0.3 is 5.97 Å². The zero-order chi connectivity index (χ0) is 16.3. The Morgan fingerprint density at radius 2 is 1.74 bits per heavy atom. The lowest BCUT2D eigenvalue weighted by molar-refractivity contribution is -0.933. The molecule has 0 atom stereocenters. The van der Waals surface area contributed by atoms with Crippen LogP contribution >= 0.6 is 0 Å². The van der Waals surface area contributed by atoms with Gasteiger partial charge in [-0.15, -0.1) is 0 Å². The van der Waals surface area contributed by atoms with Crippen LogP contribution in [0.25, 0.3) is 0 Å². The molecule has 6 nitrogen and oxygen atoms in total. The van der Waals surface area contributed by atoms with Gasteiger partial charge in [0.05, 0.1) is 31.8 Å². The van der Waals surface area contributed by atoms with Crippen molar-refractivity contribution in [1.82, 2.24) is 4.90 Å². The molecule has 0 radical (unpaired) electrons. The van der Waals surface area contributed by atoms with Crippen molar-refractivity contribution in [2.24, 2.45) is 0 Å². The zero-order valence-electron chi connectivity index (χ0n) is 13.6. The number of nitrogens with one attached hydrogen (secondary N) is 1. The van der Waals surface area contributed by atoms with E-state index >= 15 is 0 Å². The summed E-state index contributed by atoms with van der Waals surface area (Å²) in [6.45, 7) is 9.16. The number of quaternary nitrogens is 1. The molecule has 3 aliphatic heterocycles. The van der Waals surface area contributed by atoms with Crippen LogP contribution in [0.5, 0.6) is 0 Å². The van der Waals surface area contributed by atoms with E-state index in [0.29, 0.717) is 18.7 Å². The first-order valence-corrected chi connectivity index (χ1v) is 8.25. The van der Waals surface area contributed by atoms with E-state index in [4.69, 9.17) is 4.74 Å². The van der Waals surface area contributed by atoms with E-state index in [-0.39, 0.29) is 11.9 Å². The highest BCUT2D eigenvalue weighted by molar-refractivity contribution is 5.93. The summed E-state index contributed by atoms with van der Waals surface area (Å²) in [5.41, 5.74) is 1.22. The SMILES string of the molecule is CCOC(=O)c1ccc(NC(=O)C[N+]23CCN(CC2)CC3)cc1.